The fourth-order valence-corrected chi connectivity index (χ4v) is 4.20. The van der Waals surface area contributed by atoms with E-state index >= 15 is 0 Å². The molecule has 0 radical (unpaired) electrons. The quantitative estimate of drug-likeness (QED) is 0.516. The molecule has 0 aromatic heterocycles. The number of Topliss-reactive ketones (excluding diaryl/α,β-unsaturated/α-hetero) is 1. The van der Waals surface area contributed by atoms with Crippen LogP contribution in [0.25, 0.3) is 0 Å². The highest BCUT2D eigenvalue weighted by Gasteiger charge is 2.18. The van der Waals surface area contributed by atoms with Crippen LogP contribution in [0.15, 0.2) is 48.5 Å². The first-order chi connectivity index (χ1) is 15.2. The molecule has 1 N–H and O–H groups in total. The maximum Gasteiger partial charge on any atom is 0.227 e. The number of ether oxygens (including phenoxy) is 1. The molecule has 1 amide bonds. The number of ketones is 1. The van der Waals surface area contributed by atoms with Crippen LogP contribution in [0.5, 0.6) is 5.75 Å². The number of carbonyl (C=O) groups is 2. The van der Waals surface area contributed by atoms with Crippen molar-refractivity contribution in [3.63, 3.8) is 0 Å². The molecule has 1 fully saturated rings. The van der Waals surface area contributed by atoms with Crippen molar-refractivity contribution in [2.45, 2.75) is 32.1 Å². The Morgan fingerprint density at radius 3 is 2.58 bits per heavy atom. The van der Waals surface area contributed by atoms with Crippen LogP contribution in [-0.2, 0) is 4.79 Å². The van der Waals surface area contributed by atoms with E-state index in [1.54, 1.807) is 18.2 Å². The van der Waals surface area contributed by atoms with Gasteiger partial charge in [0.15, 0.2) is 5.78 Å². The monoisotopic (exact) mass is 421 g/mol. The molecule has 0 saturated carbocycles. The number of unbranched alkanes of at least 4 members (excludes halogenated alkanes) is 2. The normalized spacial score (nSPS) is 16.8. The maximum atomic E-state index is 12.6. The number of para-hydroxylation sites is 1. The van der Waals surface area contributed by atoms with E-state index in [2.05, 4.69) is 45.4 Å². The van der Waals surface area contributed by atoms with Gasteiger partial charge in [-0.15, -0.1) is 0 Å². The van der Waals surface area contributed by atoms with Gasteiger partial charge in [0.2, 0.25) is 5.91 Å². The molecule has 1 saturated heterocycles. The zero-order chi connectivity index (χ0) is 21.5. The molecule has 2 aliphatic rings. The van der Waals surface area contributed by atoms with E-state index < -0.39 is 0 Å². The van der Waals surface area contributed by atoms with Gasteiger partial charge in [-0.25, -0.2) is 0 Å². The zero-order valence-corrected chi connectivity index (χ0v) is 18.0. The second-order valence-corrected chi connectivity index (χ2v) is 8.26. The summed E-state index contributed by atoms with van der Waals surface area (Å²) in [5, 5.41) is 2.82. The van der Waals surface area contributed by atoms with Crippen LogP contribution in [0.2, 0.25) is 0 Å². The van der Waals surface area contributed by atoms with Crippen LogP contribution in [0.1, 0.15) is 42.5 Å². The third-order valence-electron chi connectivity index (χ3n) is 6.03. The van der Waals surface area contributed by atoms with Crippen LogP contribution in [0, 0.1) is 0 Å². The van der Waals surface area contributed by atoms with Gasteiger partial charge in [0.25, 0.3) is 0 Å². The summed E-state index contributed by atoms with van der Waals surface area (Å²) in [6.07, 6.45) is 3.93. The summed E-state index contributed by atoms with van der Waals surface area (Å²) in [6, 6.07) is 15.9. The van der Waals surface area contributed by atoms with Gasteiger partial charge >= 0.3 is 0 Å². The average molecular weight is 422 g/mol. The van der Waals surface area contributed by atoms with Gasteiger partial charge in [-0.05, 0) is 49.7 Å². The molecule has 0 unspecified atom stereocenters. The standard InChI is InChI=1S/C25H31N3O3/c29-23(20-10-11-24-22(19-20)26-25(30)12-18-31-24)9-5-2-6-13-27-14-16-28(17-15-27)21-7-3-1-4-8-21/h1,3-4,7-8,10-11,19H,2,5-6,9,12-18H2,(H,26,30). The molecule has 6 heteroatoms. The van der Waals surface area contributed by atoms with Crippen molar-refractivity contribution in [1.82, 2.24) is 4.90 Å². The van der Waals surface area contributed by atoms with E-state index in [0.29, 0.717) is 36.4 Å². The zero-order valence-electron chi connectivity index (χ0n) is 18.0. The minimum Gasteiger partial charge on any atom is -0.491 e. The Labute approximate surface area is 184 Å². The lowest BCUT2D eigenvalue weighted by molar-refractivity contribution is -0.116. The first-order valence-corrected chi connectivity index (χ1v) is 11.3. The number of carbonyl (C=O) groups excluding carboxylic acids is 2. The number of amides is 1. The molecule has 164 valence electrons. The van der Waals surface area contributed by atoms with Gasteiger partial charge in [0, 0.05) is 43.9 Å². The van der Waals surface area contributed by atoms with Crippen LogP contribution < -0.4 is 15.0 Å². The van der Waals surface area contributed by atoms with Gasteiger partial charge in [-0.3, -0.25) is 14.5 Å². The number of piperazine rings is 1. The highest BCUT2D eigenvalue weighted by molar-refractivity contribution is 5.99. The molecule has 31 heavy (non-hydrogen) atoms. The number of fused-ring (bicyclic) bond motifs is 1. The summed E-state index contributed by atoms with van der Waals surface area (Å²) >= 11 is 0. The Balaban J connectivity index is 1.15. The van der Waals surface area contributed by atoms with E-state index in [-0.39, 0.29) is 11.7 Å². The molecular weight excluding hydrogens is 390 g/mol. The topological polar surface area (TPSA) is 61.9 Å². The largest absolute Gasteiger partial charge is 0.491 e. The van der Waals surface area contributed by atoms with Gasteiger partial charge in [-0.1, -0.05) is 24.6 Å². The summed E-state index contributed by atoms with van der Waals surface area (Å²) in [7, 11) is 0. The minimum atomic E-state index is -0.0760. The lowest BCUT2D eigenvalue weighted by Gasteiger charge is -2.36. The van der Waals surface area contributed by atoms with E-state index in [0.717, 1.165) is 52.0 Å². The number of rotatable bonds is 8. The summed E-state index contributed by atoms with van der Waals surface area (Å²) in [6.45, 7) is 5.79. The number of nitrogens with one attached hydrogen (secondary N) is 1. The number of anilines is 2. The lowest BCUT2D eigenvalue weighted by atomic mass is 10.0. The van der Waals surface area contributed by atoms with Crippen molar-refractivity contribution in [1.29, 1.82) is 0 Å². The number of benzene rings is 2. The second kappa shape index (κ2) is 10.4. The number of nitrogens with zero attached hydrogens (tertiary/aromatic N) is 2. The Kier molecular flexibility index (Phi) is 7.20. The molecule has 0 atom stereocenters. The highest BCUT2D eigenvalue weighted by atomic mass is 16.5. The van der Waals surface area contributed by atoms with Gasteiger partial charge in [0.1, 0.15) is 5.75 Å². The molecule has 6 nitrogen and oxygen atoms in total. The molecule has 2 aromatic rings. The third kappa shape index (κ3) is 5.85. The minimum absolute atomic E-state index is 0.0760. The molecule has 4 rings (SSSR count). The van der Waals surface area contributed by atoms with Crippen LogP contribution >= 0.6 is 0 Å². The average Bonchev–Trinajstić information content (AvgIpc) is 2.99. The van der Waals surface area contributed by atoms with Crippen molar-refractivity contribution in [2.24, 2.45) is 0 Å². The maximum absolute atomic E-state index is 12.6. The fourth-order valence-electron chi connectivity index (χ4n) is 4.20. The predicted molar refractivity (Wildman–Crippen MR) is 123 cm³/mol. The SMILES string of the molecule is O=C1CCOc2ccc(C(=O)CCCCCN3CCN(c4ccccc4)CC3)cc2N1. The Bertz CT molecular complexity index is 892. The predicted octanol–water partition coefficient (Wildman–Crippen LogP) is 3.97. The molecule has 0 aliphatic carbocycles. The van der Waals surface area contributed by atoms with E-state index in [1.807, 2.05) is 0 Å². The lowest BCUT2D eigenvalue weighted by Crippen LogP contribution is -2.46. The van der Waals surface area contributed by atoms with Crippen molar-refractivity contribution in [3.05, 3.63) is 54.1 Å². The molecule has 2 aliphatic heterocycles. The van der Waals surface area contributed by atoms with Crippen molar-refractivity contribution in [3.8, 4) is 5.75 Å². The molecule has 2 aromatic carbocycles. The van der Waals surface area contributed by atoms with Crippen LogP contribution in [0.4, 0.5) is 11.4 Å². The first-order valence-electron chi connectivity index (χ1n) is 11.3. The Hall–Kier alpha value is -2.86. The van der Waals surface area contributed by atoms with Crippen molar-refractivity contribution >= 4 is 23.1 Å². The van der Waals surface area contributed by atoms with Gasteiger partial charge in [0.05, 0.1) is 18.7 Å². The Morgan fingerprint density at radius 1 is 0.968 bits per heavy atom. The molecular formula is C25H31N3O3. The highest BCUT2D eigenvalue weighted by Crippen LogP contribution is 2.28. The molecule has 2 heterocycles. The number of hydrogen-bond acceptors (Lipinski definition) is 5. The smallest absolute Gasteiger partial charge is 0.227 e. The summed E-state index contributed by atoms with van der Waals surface area (Å²) in [5.74, 6) is 0.681. The summed E-state index contributed by atoms with van der Waals surface area (Å²) in [5.41, 5.74) is 2.55. The second-order valence-electron chi connectivity index (χ2n) is 8.26. The van der Waals surface area contributed by atoms with Crippen LogP contribution in [-0.4, -0.2) is 55.9 Å². The van der Waals surface area contributed by atoms with E-state index in [9.17, 15) is 9.59 Å². The third-order valence-corrected chi connectivity index (χ3v) is 6.03. The van der Waals surface area contributed by atoms with Crippen molar-refractivity contribution < 1.29 is 14.3 Å². The number of hydrogen-bond donors (Lipinski definition) is 1. The van der Waals surface area contributed by atoms with E-state index in [1.165, 1.54) is 5.69 Å². The fraction of sp³-hybridized carbons (Fsp3) is 0.440. The van der Waals surface area contributed by atoms with Gasteiger partial charge < -0.3 is 15.0 Å². The van der Waals surface area contributed by atoms with Crippen molar-refractivity contribution in [2.75, 3.05) is 49.5 Å². The molecule has 0 spiro atoms. The first kappa shape index (κ1) is 21.4. The Morgan fingerprint density at radius 2 is 1.77 bits per heavy atom. The summed E-state index contributed by atoms with van der Waals surface area (Å²) < 4.78 is 5.55. The van der Waals surface area contributed by atoms with Gasteiger partial charge in [-0.2, -0.15) is 0 Å². The van der Waals surface area contributed by atoms with E-state index in [4.69, 9.17) is 4.74 Å². The van der Waals surface area contributed by atoms with Crippen LogP contribution in [0.3, 0.4) is 0 Å². The summed E-state index contributed by atoms with van der Waals surface area (Å²) in [4.78, 5) is 29.2. The molecule has 0 bridgehead atoms.